The van der Waals surface area contributed by atoms with Crippen molar-refractivity contribution in [1.29, 1.82) is 0 Å². The maximum Gasteiger partial charge on any atom is 0.319 e. The third kappa shape index (κ3) is 3.12. The van der Waals surface area contributed by atoms with Crippen molar-refractivity contribution in [1.82, 2.24) is 5.32 Å². The van der Waals surface area contributed by atoms with Gasteiger partial charge in [-0.25, -0.2) is 4.79 Å². The highest BCUT2D eigenvalue weighted by Gasteiger charge is 2.38. The van der Waals surface area contributed by atoms with Gasteiger partial charge in [-0.15, -0.1) is 0 Å². The van der Waals surface area contributed by atoms with Crippen LogP contribution in [0.1, 0.15) is 26.7 Å². The Morgan fingerprint density at radius 1 is 1.41 bits per heavy atom. The number of urea groups is 1. The Balaban J connectivity index is 1.93. The second-order valence-electron chi connectivity index (χ2n) is 5.20. The minimum absolute atomic E-state index is 0.135. The molecule has 0 atom stereocenters. The van der Waals surface area contributed by atoms with Crippen LogP contribution in [-0.2, 0) is 0 Å². The number of benzene rings is 1. The first-order chi connectivity index (χ1) is 7.97. The van der Waals surface area contributed by atoms with Crippen LogP contribution in [-0.4, -0.2) is 11.6 Å². The molecule has 1 aliphatic rings. The zero-order valence-electron chi connectivity index (χ0n) is 10.3. The highest BCUT2D eigenvalue weighted by molar-refractivity contribution is 5.90. The first kappa shape index (κ1) is 11.8. The van der Waals surface area contributed by atoms with Crippen molar-refractivity contribution in [2.45, 2.75) is 32.2 Å². The summed E-state index contributed by atoms with van der Waals surface area (Å²) in [4.78, 5) is 11.8. The Morgan fingerprint density at radius 2 is 2.12 bits per heavy atom. The van der Waals surface area contributed by atoms with Crippen LogP contribution < -0.4 is 16.4 Å². The first-order valence-electron chi connectivity index (χ1n) is 5.92. The summed E-state index contributed by atoms with van der Waals surface area (Å²) in [6, 6.07) is 6.99. The minimum Gasteiger partial charge on any atom is -0.399 e. The van der Waals surface area contributed by atoms with Crippen molar-refractivity contribution in [3.63, 3.8) is 0 Å². The van der Waals surface area contributed by atoms with E-state index in [0.717, 1.165) is 0 Å². The fourth-order valence-corrected chi connectivity index (χ4v) is 1.98. The number of amides is 2. The molecule has 4 N–H and O–H groups in total. The molecule has 4 heteroatoms. The smallest absolute Gasteiger partial charge is 0.319 e. The quantitative estimate of drug-likeness (QED) is 0.702. The van der Waals surface area contributed by atoms with Crippen molar-refractivity contribution in [3.8, 4) is 0 Å². The van der Waals surface area contributed by atoms with Crippen LogP contribution in [0.25, 0.3) is 0 Å². The van der Waals surface area contributed by atoms with E-state index in [9.17, 15) is 4.79 Å². The average molecular weight is 233 g/mol. The Labute approximate surface area is 102 Å². The lowest BCUT2D eigenvalue weighted by Gasteiger charge is -2.26. The van der Waals surface area contributed by atoms with E-state index in [1.165, 1.54) is 12.8 Å². The molecule has 4 nitrogen and oxygen atoms in total. The molecule has 2 amide bonds. The third-order valence-corrected chi connectivity index (χ3v) is 3.18. The number of nitrogens with one attached hydrogen (secondary N) is 2. The average Bonchev–Trinajstić information content (AvgIpc) is 2.98. The summed E-state index contributed by atoms with van der Waals surface area (Å²) in [6.07, 6.45) is 2.40. The number of anilines is 2. The van der Waals surface area contributed by atoms with Crippen LogP contribution in [0.4, 0.5) is 16.2 Å². The number of hydrogen-bond donors (Lipinski definition) is 3. The van der Waals surface area contributed by atoms with E-state index in [0.29, 0.717) is 17.3 Å². The number of carbonyl (C=O) groups excluding carboxylic acids is 1. The van der Waals surface area contributed by atoms with Gasteiger partial charge in [0.1, 0.15) is 0 Å². The number of carbonyl (C=O) groups is 1. The monoisotopic (exact) mass is 233 g/mol. The molecular weight excluding hydrogens is 214 g/mol. The van der Waals surface area contributed by atoms with Crippen molar-refractivity contribution in [2.75, 3.05) is 11.1 Å². The largest absolute Gasteiger partial charge is 0.399 e. The van der Waals surface area contributed by atoms with Gasteiger partial charge in [-0.05, 0) is 50.8 Å². The molecule has 1 aliphatic carbocycles. The van der Waals surface area contributed by atoms with Crippen LogP contribution in [0.15, 0.2) is 24.3 Å². The number of hydrogen-bond acceptors (Lipinski definition) is 2. The van der Waals surface area contributed by atoms with Crippen molar-refractivity contribution >= 4 is 17.4 Å². The fraction of sp³-hybridized carbons (Fsp3) is 0.462. The number of nitrogen functional groups attached to an aromatic ring is 1. The lowest BCUT2D eigenvalue weighted by molar-refractivity contribution is 0.237. The van der Waals surface area contributed by atoms with Crippen molar-refractivity contribution < 1.29 is 4.79 Å². The molecular formula is C13H19N3O. The molecule has 1 fully saturated rings. The van der Waals surface area contributed by atoms with Gasteiger partial charge in [0, 0.05) is 16.9 Å². The van der Waals surface area contributed by atoms with Crippen LogP contribution in [0.2, 0.25) is 0 Å². The molecule has 0 aliphatic heterocycles. The van der Waals surface area contributed by atoms with Gasteiger partial charge in [-0.3, -0.25) is 0 Å². The topological polar surface area (TPSA) is 67.2 Å². The van der Waals surface area contributed by atoms with E-state index in [1.807, 2.05) is 12.1 Å². The predicted molar refractivity (Wildman–Crippen MR) is 69.8 cm³/mol. The molecule has 0 unspecified atom stereocenters. The normalized spacial score (nSPS) is 15.4. The Bertz CT molecular complexity index is 424. The van der Waals surface area contributed by atoms with Gasteiger partial charge in [-0.2, -0.15) is 0 Å². The lowest BCUT2D eigenvalue weighted by atomic mass is 9.99. The lowest BCUT2D eigenvalue weighted by Crippen LogP contribution is -2.47. The Hall–Kier alpha value is -1.71. The summed E-state index contributed by atoms with van der Waals surface area (Å²) in [7, 11) is 0. The van der Waals surface area contributed by atoms with Gasteiger partial charge < -0.3 is 16.4 Å². The van der Waals surface area contributed by atoms with E-state index >= 15 is 0 Å². The second kappa shape index (κ2) is 4.28. The first-order valence-corrected chi connectivity index (χ1v) is 5.92. The van der Waals surface area contributed by atoms with Crippen LogP contribution >= 0.6 is 0 Å². The second-order valence-corrected chi connectivity index (χ2v) is 5.20. The zero-order valence-corrected chi connectivity index (χ0v) is 10.3. The molecule has 0 saturated heterocycles. The molecule has 1 aromatic rings. The minimum atomic E-state index is -0.174. The van der Waals surface area contributed by atoms with Gasteiger partial charge in [0.05, 0.1) is 0 Å². The van der Waals surface area contributed by atoms with E-state index in [-0.39, 0.29) is 11.6 Å². The number of rotatable bonds is 3. The Kier molecular flexibility index (Phi) is 2.96. The van der Waals surface area contributed by atoms with Crippen LogP contribution in [0.3, 0.4) is 0 Å². The van der Waals surface area contributed by atoms with Gasteiger partial charge in [-0.1, -0.05) is 6.07 Å². The van der Waals surface area contributed by atoms with Crippen molar-refractivity contribution in [2.24, 2.45) is 5.92 Å². The van der Waals surface area contributed by atoms with Crippen molar-refractivity contribution in [3.05, 3.63) is 24.3 Å². The molecule has 0 bridgehead atoms. The Morgan fingerprint density at radius 3 is 2.71 bits per heavy atom. The van der Waals surface area contributed by atoms with E-state index < -0.39 is 0 Å². The predicted octanol–water partition coefficient (Wildman–Crippen LogP) is 2.58. The maximum absolute atomic E-state index is 11.8. The summed E-state index contributed by atoms with van der Waals surface area (Å²) < 4.78 is 0. The molecule has 2 rings (SSSR count). The van der Waals surface area contributed by atoms with Crippen LogP contribution in [0.5, 0.6) is 0 Å². The van der Waals surface area contributed by atoms with Crippen LogP contribution in [0, 0.1) is 5.92 Å². The SMILES string of the molecule is CC(C)(NC(=O)Nc1cccc(N)c1)C1CC1. The fourth-order valence-electron chi connectivity index (χ4n) is 1.98. The molecule has 0 spiro atoms. The molecule has 17 heavy (non-hydrogen) atoms. The summed E-state index contributed by atoms with van der Waals surface area (Å²) in [5, 5.41) is 5.79. The summed E-state index contributed by atoms with van der Waals surface area (Å²) in [5.74, 6) is 0.606. The van der Waals surface area contributed by atoms with E-state index in [4.69, 9.17) is 5.73 Å². The van der Waals surface area contributed by atoms with Gasteiger partial charge in [0.2, 0.25) is 0 Å². The standard InChI is InChI=1S/C13H19N3O/c1-13(2,9-6-7-9)16-12(17)15-11-5-3-4-10(14)8-11/h3-5,8-9H,6-7,14H2,1-2H3,(H2,15,16,17). The summed E-state index contributed by atoms with van der Waals surface area (Å²) in [6.45, 7) is 4.12. The van der Waals surface area contributed by atoms with Gasteiger partial charge in [0.15, 0.2) is 0 Å². The highest BCUT2D eigenvalue weighted by atomic mass is 16.2. The molecule has 0 radical (unpaired) electrons. The van der Waals surface area contributed by atoms with Gasteiger partial charge >= 0.3 is 6.03 Å². The molecule has 1 aromatic carbocycles. The van der Waals surface area contributed by atoms with Gasteiger partial charge in [0.25, 0.3) is 0 Å². The third-order valence-electron chi connectivity index (χ3n) is 3.18. The molecule has 92 valence electrons. The zero-order chi connectivity index (χ0) is 12.5. The summed E-state index contributed by atoms with van der Waals surface area (Å²) in [5.41, 5.74) is 6.87. The molecule has 0 heterocycles. The molecule has 0 aromatic heterocycles. The molecule has 1 saturated carbocycles. The van der Waals surface area contributed by atoms with E-state index in [1.54, 1.807) is 12.1 Å². The highest BCUT2D eigenvalue weighted by Crippen LogP contribution is 2.39. The number of nitrogens with two attached hydrogens (primary N) is 1. The summed E-state index contributed by atoms with van der Waals surface area (Å²) >= 11 is 0. The maximum atomic E-state index is 11.8. The van der Waals surface area contributed by atoms with E-state index in [2.05, 4.69) is 24.5 Å².